The van der Waals surface area contributed by atoms with Crippen LogP contribution in [0, 0.1) is 6.92 Å². The van der Waals surface area contributed by atoms with E-state index in [4.69, 9.17) is 0 Å². The molecule has 0 atom stereocenters. The molecule has 0 bridgehead atoms. The van der Waals surface area contributed by atoms with Crippen LogP contribution in [0.15, 0.2) is 84.0 Å². The van der Waals surface area contributed by atoms with Crippen LogP contribution in [0.1, 0.15) is 43.7 Å². The Bertz CT molecular complexity index is 1260. The van der Waals surface area contributed by atoms with Gasteiger partial charge in [-0.25, -0.2) is 0 Å². The Labute approximate surface area is 211 Å². The summed E-state index contributed by atoms with van der Waals surface area (Å²) < 4.78 is 2.28. The molecule has 6 heteroatoms. The molecule has 1 heterocycles. The molecule has 35 heavy (non-hydrogen) atoms. The Morgan fingerprint density at radius 2 is 1.51 bits per heavy atom. The summed E-state index contributed by atoms with van der Waals surface area (Å²) in [7, 11) is 0. The zero-order valence-corrected chi connectivity index (χ0v) is 20.8. The van der Waals surface area contributed by atoms with Gasteiger partial charge in [0.25, 0.3) is 0 Å². The number of benzene rings is 3. The van der Waals surface area contributed by atoms with Gasteiger partial charge < -0.3 is 5.32 Å². The highest BCUT2D eigenvalue weighted by molar-refractivity contribution is 7.99. The van der Waals surface area contributed by atoms with Crippen LogP contribution in [0.5, 0.6) is 0 Å². The Balaban J connectivity index is 1.36. The maximum absolute atomic E-state index is 12.6. The summed E-state index contributed by atoms with van der Waals surface area (Å²) in [5.41, 5.74) is 5.42. The van der Waals surface area contributed by atoms with Crippen LogP contribution in [-0.2, 0) is 4.79 Å². The molecule has 1 saturated carbocycles. The van der Waals surface area contributed by atoms with Crippen molar-refractivity contribution in [3.8, 4) is 22.5 Å². The van der Waals surface area contributed by atoms with E-state index >= 15 is 0 Å². The molecule has 1 aliphatic rings. The van der Waals surface area contributed by atoms with Crippen molar-refractivity contribution < 1.29 is 4.79 Å². The van der Waals surface area contributed by atoms with Gasteiger partial charge in [0.1, 0.15) is 0 Å². The fraction of sp³-hybridized carbons (Fsp3) is 0.276. The minimum absolute atomic E-state index is 0.0363. The molecular weight excluding hydrogens is 452 g/mol. The molecule has 0 aliphatic heterocycles. The summed E-state index contributed by atoms with van der Waals surface area (Å²) in [5.74, 6) is 1.15. The fourth-order valence-electron chi connectivity index (χ4n) is 4.65. The Morgan fingerprint density at radius 1 is 0.857 bits per heavy atom. The first-order chi connectivity index (χ1) is 17.2. The minimum Gasteiger partial charge on any atom is -0.325 e. The molecule has 0 radical (unpaired) electrons. The lowest BCUT2D eigenvalue weighted by Gasteiger charge is -2.25. The second-order valence-corrected chi connectivity index (χ2v) is 10.1. The van der Waals surface area contributed by atoms with E-state index in [1.165, 1.54) is 47.7 Å². The number of anilines is 1. The molecule has 1 amide bonds. The van der Waals surface area contributed by atoms with Gasteiger partial charge in [-0.15, -0.1) is 10.2 Å². The monoisotopic (exact) mass is 482 g/mol. The van der Waals surface area contributed by atoms with Gasteiger partial charge in [-0.1, -0.05) is 103 Å². The largest absolute Gasteiger partial charge is 0.325 e. The highest BCUT2D eigenvalue weighted by Crippen LogP contribution is 2.36. The summed E-state index contributed by atoms with van der Waals surface area (Å²) in [6.07, 6.45) is 5.95. The van der Waals surface area contributed by atoms with E-state index in [1.807, 2.05) is 37.3 Å². The molecule has 3 aromatic carbocycles. The third-order valence-electron chi connectivity index (χ3n) is 6.52. The molecule has 1 aromatic heterocycles. The molecular formula is C29H30N4OS. The van der Waals surface area contributed by atoms with Crippen molar-refractivity contribution in [1.82, 2.24) is 14.8 Å². The van der Waals surface area contributed by atoms with E-state index in [0.717, 1.165) is 35.1 Å². The molecule has 5 rings (SSSR count). The Kier molecular flexibility index (Phi) is 7.28. The van der Waals surface area contributed by atoms with E-state index in [-0.39, 0.29) is 5.91 Å². The van der Waals surface area contributed by atoms with Crippen molar-refractivity contribution in [2.45, 2.75) is 50.2 Å². The second kappa shape index (κ2) is 10.9. The van der Waals surface area contributed by atoms with Gasteiger partial charge >= 0.3 is 0 Å². The molecule has 1 N–H and O–H groups in total. The number of nitrogens with one attached hydrogen (secondary N) is 1. The zero-order chi connectivity index (χ0) is 24.0. The second-order valence-electron chi connectivity index (χ2n) is 9.11. The standard InChI is InChI=1S/C29H30N4OS/c1-21-12-18-25(19-13-21)30-27(34)20-35-29-32-31-28(33(29)26-10-6-3-7-11-26)24-16-14-23(15-17-24)22-8-4-2-5-9-22/h2,4-5,8-9,12-19,26H,3,6-7,10-11,20H2,1H3,(H,30,34). The predicted molar refractivity (Wildman–Crippen MR) is 144 cm³/mol. The SMILES string of the molecule is Cc1ccc(NC(=O)CSc2nnc(-c3ccc(-c4ccccc4)cc3)n2C2CCCCC2)cc1. The molecule has 4 aromatic rings. The number of hydrogen-bond acceptors (Lipinski definition) is 4. The molecule has 5 nitrogen and oxygen atoms in total. The number of carbonyl (C=O) groups excluding carboxylic acids is 1. The number of amides is 1. The van der Waals surface area contributed by atoms with Crippen LogP contribution in [-0.4, -0.2) is 26.4 Å². The van der Waals surface area contributed by atoms with Gasteiger partial charge in [0, 0.05) is 17.3 Å². The summed E-state index contributed by atoms with van der Waals surface area (Å²) in [5, 5.41) is 12.9. The number of carbonyl (C=O) groups is 1. The highest BCUT2D eigenvalue weighted by atomic mass is 32.2. The summed E-state index contributed by atoms with van der Waals surface area (Å²) in [4.78, 5) is 12.6. The maximum Gasteiger partial charge on any atom is 0.234 e. The number of rotatable bonds is 7. The van der Waals surface area contributed by atoms with Gasteiger partial charge in [0.15, 0.2) is 11.0 Å². The van der Waals surface area contributed by atoms with E-state index in [9.17, 15) is 4.79 Å². The van der Waals surface area contributed by atoms with Gasteiger partial charge in [-0.05, 0) is 43.0 Å². The molecule has 0 spiro atoms. The van der Waals surface area contributed by atoms with E-state index in [2.05, 4.69) is 68.6 Å². The van der Waals surface area contributed by atoms with Crippen molar-refractivity contribution in [1.29, 1.82) is 0 Å². The smallest absolute Gasteiger partial charge is 0.234 e. The normalized spacial score (nSPS) is 14.1. The Hall–Kier alpha value is -3.38. The van der Waals surface area contributed by atoms with Crippen molar-refractivity contribution in [3.05, 3.63) is 84.4 Å². The molecule has 0 saturated heterocycles. The zero-order valence-electron chi connectivity index (χ0n) is 20.0. The number of thioether (sulfide) groups is 1. The van der Waals surface area contributed by atoms with Crippen LogP contribution >= 0.6 is 11.8 Å². The van der Waals surface area contributed by atoms with E-state index < -0.39 is 0 Å². The summed E-state index contributed by atoms with van der Waals surface area (Å²) >= 11 is 1.46. The molecule has 1 fully saturated rings. The first-order valence-corrected chi connectivity index (χ1v) is 13.3. The summed E-state index contributed by atoms with van der Waals surface area (Å²) in [6, 6.07) is 27.2. The van der Waals surface area contributed by atoms with Gasteiger partial charge in [-0.3, -0.25) is 9.36 Å². The lowest BCUT2D eigenvalue weighted by molar-refractivity contribution is -0.113. The van der Waals surface area contributed by atoms with Crippen LogP contribution in [0.25, 0.3) is 22.5 Å². The Morgan fingerprint density at radius 3 is 2.23 bits per heavy atom. The lowest BCUT2D eigenvalue weighted by atomic mass is 9.95. The quantitative estimate of drug-likeness (QED) is 0.284. The molecule has 0 unspecified atom stereocenters. The maximum atomic E-state index is 12.6. The topological polar surface area (TPSA) is 59.8 Å². The third-order valence-corrected chi connectivity index (χ3v) is 7.47. The van der Waals surface area contributed by atoms with Crippen molar-refractivity contribution >= 4 is 23.4 Å². The highest BCUT2D eigenvalue weighted by Gasteiger charge is 2.24. The van der Waals surface area contributed by atoms with Crippen LogP contribution in [0.2, 0.25) is 0 Å². The first-order valence-electron chi connectivity index (χ1n) is 12.3. The van der Waals surface area contributed by atoms with Crippen molar-refractivity contribution in [3.63, 3.8) is 0 Å². The van der Waals surface area contributed by atoms with Crippen LogP contribution in [0.3, 0.4) is 0 Å². The van der Waals surface area contributed by atoms with Crippen molar-refractivity contribution in [2.75, 3.05) is 11.1 Å². The van der Waals surface area contributed by atoms with Crippen LogP contribution < -0.4 is 5.32 Å². The number of nitrogens with zero attached hydrogens (tertiary/aromatic N) is 3. The van der Waals surface area contributed by atoms with Gasteiger partial charge in [0.2, 0.25) is 5.91 Å². The fourth-order valence-corrected chi connectivity index (χ4v) is 5.45. The predicted octanol–water partition coefficient (Wildman–Crippen LogP) is 7.16. The average molecular weight is 483 g/mol. The van der Waals surface area contributed by atoms with E-state index in [1.54, 1.807) is 0 Å². The number of aryl methyl sites for hydroxylation is 1. The third kappa shape index (κ3) is 5.65. The van der Waals surface area contributed by atoms with Crippen molar-refractivity contribution in [2.24, 2.45) is 0 Å². The van der Waals surface area contributed by atoms with Gasteiger partial charge in [0.05, 0.1) is 5.75 Å². The molecule has 178 valence electrons. The average Bonchev–Trinajstić information content (AvgIpc) is 3.34. The van der Waals surface area contributed by atoms with Gasteiger partial charge in [-0.2, -0.15) is 0 Å². The lowest BCUT2D eigenvalue weighted by Crippen LogP contribution is -2.17. The minimum atomic E-state index is -0.0363. The molecule has 1 aliphatic carbocycles. The van der Waals surface area contributed by atoms with Crippen LogP contribution in [0.4, 0.5) is 5.69 Å². The van der Waals surface area contributed by atoms with E-state index in [0.29, 0.717) is 11.8 Å². The summed E-state index contributed by atoms with van der Waals surface area (Å²) in [6.45, 7) is 2.03. The first kappa shape index (κ1) is 23.4. The number of aromatic nitrogens is 3. The number of hydrogen-bond donors (Lipinski definition) is 1.